The molecule has 3 nitrogen and oxygen atoms in total. The Labute approximate surface area is 92.8 Å². The maximum Gasteiger partial charge on any atom is 0.130 e. The summed E-state index contributed by atoms with van der Waals surface area (Å²) in [6, 6.07) is 3.62. The molecule has 5 N–H and O–H groups in total. The van der Waals surface area contributed by atoms with Crippen molar-refractivity contribution >= 4 is 11.6 Å². The summed E-state index contributed by atoms with van der Waals surface area (Å²) in [6.45, 7) is 0.338. The van der Waals surface area contributed by atoms with Gasteiger partial charge in [0, 0.05) is 16.6 Å². The van der Waals surface area contributed by atoms with Crippen LogP contribution in [0.15, 0.2) is 18.2 Å². The fourth-order valence-electron chi connectivity index (χ4n) is 1.36. The molecule has 0 bridgehead atoms. The maximum absolute atomic E-state index is 13.4. The van der Waals surface area contributed by atoms with Crippen molar-refractivity contribution < 1.29 is 9.50 Å². The Balaban J connectivity index is 2.94. The van der Waals surface area contributed by atoms with E-state index in [4.69, 9.17) is 23.1 Å². The minimum absolute atomic E-state index is 0.0418. The molecule has 0 saturated carbocycles. The van der Waals surface area contributed by atoms with Gasteiger partial charge in [0.25, 0.3) is 0 Å². The van der Waals surface area contributed by atoms with Crippen molar-refractivity contribution in [3.63, 3.8) is 0 Å². The van der Waals surface area contributed by atoms with Crippen molar-refractivity contribution in [2.45, 2.75) is 18.6 Å². The number of hydrogen-bond donors (Lipinski definition) is 3. The molecule has 0 aromatic heterocycles. The van der Waals surface area contributed by atoms with Gasteiger partial charge < -0.3 is 16.6 Å². The molecule has 0 amide bonds. The Morgan fingerprint density at radius 2 is 2.13 bits per heavy atom. The molecule has 5 heteroatoms. The summed E-state index contributed by atoms with van der Waals surface area (Å²) < 4.78 is 13.4. The smallest absolute Gasteiger partial charge is 0.130 e. The van der Waals surface area contributed by atoms with Gasteiger partial charge in [0.05, 0.1) is 6.10 Å². The normalized spacial score (nSPS) is 15.0. The van der Waals surface area contributed by atoms with Crippen LogP contribution in [0.25, 0.3) is 0 Å². The Bertz CT molecular complexity index is 315. The molecule has 0 radical (unpaired) electrons. The number of nitrogens with two attached hydrogens (primary N) is 2. The van der Waals surface area contributed by atoms with E-state index < -0.39 is 18.0 Å². The van der Waals surface area contributed by atoms with Crippen molar-refractivity contribution in [3.05, 3.63) is 34.6 Å². The molecule has 1 aromatic rings. The summed E-state index contributed by atoms with van der Waals surface area (Å²) in [7, 11) is 0. The maximum atomic E-state index is 13.4. The molecular weight excluding hydrogens is 219 g/mol. The summed E-state index contributed by atoms with van der Waals surface area (Å²) in [5, 5.41) is 9.95. The van der Waals surface area contributed by atoms with Crippen LogP contribution in [-0.4, -0.2) is 17.7 Å². The summed E-state index contributed by atoms with van der Waals surface area (Å²) in [5.74, 6) is -0.553. The topological polar surface area (TPSA) is 72.3 Å². The van der Waals surface area contributed by atoms with Crippen LogP contribution in [0.1, 0.15) is 18.1 Å². The predicted octanol–water partition coefficient (Wildman–Crippen LogP) is 1.19. The van der Waals surface area contributed by atoms with E-state index >= 15 is 0 Å². The fraction of sp³-hybridized carbons (Fsp3) is 0.400. The zero-order chi connectivity index (χ0) is 11.4. The standard InChI is InChI=1S/C10H14ClFN2O/c11-6-2-1-3-7(12)9(6)10(15)8(14)4-5-13/h1-3,8,10,15H,4-5,13-14H2. The van der Waals surface area contributed by atoms with Crippen LogP contribution in [0.5, 0.6) is 0 Å². The van der Waals surface area contributed by atoms with Crippen LogP contribution in [0, 0.1) is 5.82 Å². The van der Waals surface area contributed by atoms with Crippen LogP contribution in [0.4, 0.5) is 4.39 Å². The second-order valence-corrected chi connectivity index (χ2v) is 3.73. The molecule has 0 saturated heterocycles. The predicted molar refractivity (Wildman–Crippen MR) is 58.0 cm³/mol. The molecular formula is C10H14ClFN2O. The van der Waals surface area contributed by atoms with E-state index in [1.165, 1.54) is 18.2 Å². The minimum atomic E-state index is -1.12. The van der Waals surface area contributed by atoms with Crippen molar-refractivity contribution in [2.75, 3.05) is 6.54 Å². The van der Waals surface area contributed by atoms with E-state index in [1.807, 2.05) is 0 Å². The molecule has 0 aliphatic carbocycles. The highest BCUT2D eigenvalue weighted by molar-refractivity contribution is 6.31. The summed E-state index contributed by atoms with van der Waals surface area (Å²) >= 11 is 5.78. The third-order valence-corrected chi connectivity index (χ3v) is 2.53. The van der Waals surface area contributed by atoms with Crippen molar-refractivity contribution in [3.8, 4) is 0 Å². The molecule has 2 unspecified atom stereocenters. The van der Waals surface area contributed by atoms with Crippen molar-refractivity contribution in [1.82, 2.24) is 0 Å². The molecule has 1 aromatic carbocycles. The van der Waals surface area contributed by atoms with Gasteiger partial charge in [0.15, 0.2) is 0 Å². The van der Waals surface area contributed by atoms with Crippen molar-refractivity contribution in [1.29, 1.82) is 0 Å². The van der Waals surface area contributed by atoms with Crippen LogP contribution in [0.2, 0.25) is 5.02 Å². The Hall–Kier alpha value is -0.680. The summed E-state index contributed by atoms with van der Waals surface area (Å²) in [6.07, 6.45) is -0.714. The SMILES string of the molecule is NCCC(N)C(O)c1c(F)cccc1Cl. The van der Waals surface area contributed by atoms with E-state index in [2.05, 4.69) is 0 Å². The minimum Gasteiger partial charge on any atom is -0.387 e. The van der Waals surface area contributed by atoms with Crippen molar-refractivity contribution in [2.24, 2.45) is 11.5 Å². The molecule has 0 aliphatic heterocycles. The number of rotatable bonds is 4. The molecule has 0 heterocycles. The van der Waals surface area contributed by atoms with E-state index in [1.54, 1.807) is 0 Å². The van der Waals surface area contributed by atoms with Crippen LogP contribution in [-0.2, 0) is 0 Å². The van der Waals surface area contributed by atoms with Gasteiger partial charge in [-0.05, 0) is 25.1 Å². The van der Waals surface area contributed by atoms with Gasteiger partial charge in [-0.25, -0.2) is 4.39 Å². The van der Waals surface area contributed by atoms with E-state index in [9.17, 15) is 9.50 Å². The Morgan fingerprint density at radius 3 is 2.67 bits per heavy atom. The fourth-order valence-corrected chi connectivity index (χ4v) is 1.63. The Morgan fingerprint density at radius 1 is 1.47 bits per heavy atom. The molecule has 0 fully saturated rings. The highest BCUT2D eigenvalue weighted by Crippen LogP contribution is 2.27. The van der Waals surface area contributed by atoms with Gasteiger partial charge in [-0.3, -0.25) is 0 Å². The quantitative estimate of drug-likeness (QED) is 0.730. The summed E-state index contributed by atoms with van der Waals surface area (Å²) in [4.78, 5) is 0. The lowest BCUT2D eigenvalue weighted by molar-refractivity contribution is 0.139. The third-order valence-electron chi connectivity index (χ3n) is 2.20. The highest BCUT2D eigenvalue weighted by atomic mass is 35.5. The molecule has 1 rings (SSSR count). The van der Waals surface area contributed by atoms with Gasteiger partial charge in [-0.15, -0.1) is 0 Å². The highest BCUT2D eigenvalue weighted by Gasteiger charge is 2.22. The molecule has 2 atom stereocenters. The molecule has 0 aliphatic rings. The first-order valence-electron chi connectivity index (χ1n) is 4.65. The number of hydrogen-bond acceptors (Lipinski definition) is 3. The first-order chi connectivity index (χ1) is 7.07. The van der Waals surface area contributed by atoms with Crippen LogP contribution < -0.4 is 11.5 Å². The Kier molecular flexibility index (Phi) is 4.47. The van der Waals surface area contributed by atoms with Gasteiger partial charge in [0.1, 0.15) is 5.82 Å². The second kappa shape index (κ2) is 5.42. The van der Waals surface area contributed by atoms with E-state index in [0.717, 1.165) is 0 Å². The average molecular weight is 233 g/mol. The lowest BCUT2D eigenvalue weighted by Gasteiger charge is -2.19. The number of benzene rings is 1. The molecule has 84 valence electrons. The van der Waals surface area contributed by atoms with Crippen LogP contribution >= 0.6 is 11.6 Å². The third kappa shape index (κ3) is 2.89. The van der Waals surface area contributed by atoms with E-state index in [0.29, 0.717) is 13.0 Å². The van der Waals surface area contributed by atoms with Gasteiger partial charge >= 0.3 is 0 Å². The number of aliphatic hydroxyl groups excluding tert-OH is 1. The lowest BCUT2D eigenvalue weighted by atomic mass is 10.00. The average Bonchev–Trinajstić information content (AvgIpc) is 2.17. The number of halogens is 2. The second-order valence-electron chi connectivity index (χ2n) is 3.32. The van der Waals surface area contributed by atoms with Gasteiger partial charge in [-0.1, -0.05) is 17.7 Å². The van der Waals surface area contributed by atoms with Gasteiger partial charge in [-0.2, -0.15) is 0 Å². The molecule has 0 spiro atoms. The zero-order valence-corrected chi connectivity index (χ0v) is 8.91. The monoisotopic (exact) mass is 232 g/mol. The first-order valence-corrected chi connectivity index (χ1v) is 5.03. The van der Waals surface area contributed by atoms with E-state index in [-0.39, 0.29) is 10.6 Å². The first kappa shape index (κ1) is 12.4. The molecule has 15 heavy (non-hydrogen) atoms. The summed E-state index contributed by atoms with van der Waals surface area (Å²) in [5.41, 5.74) is 11.0. The van der Waals surface area contributed by atoms with Gasteiger partial charge in [0.2, 0.25) is 0 Å². The zero-order valence-electron chi connectivity index (χ0n) is 8.16. The largest absolute Gasteiger partial charge is 0.387 e. The number of aliphatic hydroxyl groups is 1. The lowest BCUT2D eigenvalue weighted by Crippen LogP contribution is -2.31. The van der Waals surface area contributed by atoms with Crippen LogP contribution in [0.3, 0.4) is 0 Å².